The third kappa shape index (κ3) is 5.01. The lowest BCUT2D eigenvalue weighted by molar-refractivity contribution is 0.199. The van der Waals surface area contributed by atoms with Crippen LogP contribution in [0.3, 0.4) is 0 Å². The van der Waals surface area contributed by atoms with Gasteiger partial charge < -0.3 is 14.8 Å². The Morgan fingerprint density at radius 1 is 1.24 bits per heavy atom. The molecule has 112 valence electrons. The fraction of sp³-hybridized carbons (Fsp3) is 0.312. The maximum atomic E-state index is 6.10. The molecule has 0 fully saturated rings. The first-order chi connectivity index (χ1) is 10.2. The van der Waals surface area contributed by atoms with Crippen LogP contribution >= 0.6 is 11.6 Å². The Labute approximate surface area is 130 Å². The number of methoxy groups -OCH3 is 1. The topological polar surface area (TPSA) is 43.4 Å². The fourth-order valence-corrected chi connectivity index (χ4v) is 1.94. The standard InChI is InChI=1S/C16H19ClN2O2/c1-12-3-5-14(17)15(9-12)21-16-6-4-13(11-19-16)10-18-7-8-20-2/h3-6,9,11,18H,7-8,10H2,1-2H3. The maximum absolute atomic E-state index is 6.10. The van der Waals surface area contributed by atoms with E-state index in [-0.39, 0.29) is 0 Å². The molecule has 5 heteroatoms. The Hall–Kier alpha value is -1.62. The molecule has 2 rings (SSSR count). The summed E-state index contributed by atoms with van der Waals surface area (Å²) in [6, 6.07) is 9.47. The number of pyridine rings is 1. The van der Waals surface area contributed by atoms with Crippen LogP contribution in [-0.2, 0) is 11.3 Å². The minimum atomic E-state index is 0.531. The summed E-state index contributed by atoms with van der Waals surface area (Å²) in [5, 5.41) is 3.84. The summed E-state index contributed by atoms with van der Waals surface area (Å²) in [7, 11) is 1.69. The van der Waals surface area contributed by atoms with Crippen molar-refractivity contribution in [2.75, 3.05) is 20.3 Å². The minimum Gasteiger partial charge on any atom is -0.437 e. The molecule has 0 saturated carbocycles. The molecule has 21 heavy (non-hydrogen) atoms. The van der Waals surface area contributed by atoms with Crippen LogP contribution in [0.1, 0.15) is 11.1 Å². The van der Waals surface area contributed by atoms with E-state index >= 15 is 0 Å². The Morgan fingerprint density at radius 2 is 2.10 bits per heavy atom. The van der Waals surface area contributed by atoms with E-state index in [9.17, 15) is 0 Å². The van der Waals surface area contributed by atoms with Crippen LogP contribution in [0.4, 0.5) is 0 Å². The van der Waals surface area contributed by atoms with Crippen LogP contribution in [-0.4, -0.2) is 25.2 Å². The molecule has 1 heterocycles. The number of nitrogens with zero attached hydrogens (tertiary/aromatic N) is 1. The van der Waals surface area contributed by atoms with Gasteiger partial charge in [-0.2, -0.15) is 0 Å². The Morgan fingerprint density at radius 3 is 2.81 bits per heavy atom. The quantitative estimate of drug-likeness (QED) is 0.794. The second kappa shape index (κ2) is 7.98. The van der Waals surface area contributed by atoms with Crippen LogP contribution < -0.4 is 10.1 Å². The van der Waals surface area contributed by atoms with Crippen molar-refractivity contribution in [3.05, 3.63) is 52.7 Å². The molecule has 0 aliphatic heterocycles. The predicted molar refractivity (Wildman–Crippen MR) is 84.1 cm³/mol. The van der Waals surface area contributed by atoms with Gasteiger partial charge in [0, 0.05) is 32.5 Å². The average Bonchev–Trinajstić information content (AvgIpc) is 2.49. The Bertz CT molecular complexity index is 573. The summed E-state index contributed by atoms with van der Waals surface area (Å²) in [4.78, 5) is 4.29. The molecule has 0 unspecified atom stereocenters. The molecular weight excluding hydrogens is 288 g/mol. The number of halogens is 1. The van der Waals surface area contributed by atoms with Crippen LogP contribution in [0, 0.1) is 6.92 Å². The number of benzene rings is 1. The van der Waals surface area contributed by atoms with E-state index in [1.165, 1.54) is 0 Å². The van der Waals surface area contributed by atoms with Gasteiger partial charge in [-0.1, -0.05) is 23.7 Å². The highest BCUT2D eigenvalue weighted by atomic mass is 35.5. The smallest absolute Gasteiger partial charge is 0.219 e. The largest absolute Gasteiger partial charge is 0.437 e. The normalized spacial score (nSPS) is 10.6. The van der Waals surface area contributed by atoms with Gasteiger partial charge in [-0.3, -0.25) is 0 Å². The van der Waals surface area contributed by atoms with E-state index in [4.69, 9.17) is 21.1 Å². The van der Waals surface area contributed by atoms with E-state index in [0.717, 1.165) is 24.2 Å². The summed E-state index contributed by atoms with van der Waals surface area (Å²) in [6.45, 7) is 4.25. The van der Waals surface area contributed by atoms with E-state index in [1.807, 2.05) is 37.3 Å². The SMILES string of the molecule is COCCNCc1ccc(Oc2cc(C)ccc2Cl)nc1. The van der Waals surface area contributed by atoms with Gasteiger partial charge in [0.1, 0.15) is 5.75 Å². The van der Waals surface area contributed by atoms with E-state index < -0.39 is 0 Å². The van der Waals surface area contributed by atoms with Crippen LogP contribution in [0.15, 0.2) is 36.5 Å². The van der Waals surface area contributed by atoms with Crippen molar-refractivity contribution in [2.45, 2.75) is 13.5 Å². The number of ether oxygens (including phenoxy) is 2. The van der Waals surface area contributed by atoms with Gasteiger partial charge in [-0.05, 0) is 30.2 Å². The highest BCUT2D eigenvalue weighted by molar-refractivity contribution is 6.32. The molecule has 0 aliphatic rings. The van der Waals surface area contributed by atoms with Crippen molar-refractivity contribution in [1.29, 1.82) is 0 Å². The first-order valence-electron chi connectivity index (χ1n) is 6.77. The number of aryl methyl sites for hydroxylation is 1. The van der Waals surface area contributed by atoms with Gasteiger partial charge in [0.15, 0.2) is 0 Å². The molecule has 0 radical (unpaired) electrons. The zero-order valence-corrected chi connectivity index (χ0v) is 13.0. The van der Waals surface area contributed by atoms with Crippen molar-refractivity contribution in [3.8, 4) is 11.6 Å². The predicted octanol–water partition coefficient (Wildman–Crippen LogP) is 3.57. The maximum Gasteiger partial charge on any atom is 0.219 e. The number of hydrogen-bond donors (Lipinski definition) is 1. The summed E-state index contributed by atoms with van der Waals surface area (Å²) in [5.41, 5.74) is 2.18. The van der Waals surface area contributed by atoms with Crippen molar-refractivity contribution in [1.82, 2.24) is 10.3 Å². The lowest BCUT2D eigenvalue weighted by Crippen LogP contribution is -2.18. The summed E-state index contributed by atoms with van der Waals surface area (Å²) in [5.74, 6) is 1.15. The number of rotatable bonds is 7. The zero-order chi connectivity index (χ0) is 15.1. The first-order valence-corrected chi connectivity index (χ1v) is 7.15. The van der Waals surface area contributed by atoms with Gasteiger partial charge in [-0.25, -0.2) is 4.98 Å². The molecule has 0 aliphatic carbocycles. The zero-order valence-electron chi connectivity index (χ0n) is 12.2. The monoisotopic (exact) mass is 306 g/mol. The summed E-state index contributed by atoms with van der Waals surface area (Å²) in [6.07, 6.45) is 1.79. The molecular formula is C16H19ClN2O2. The van der Waals surface area contributed by atoms with Crippen molar-refractivity contribution < 1.29 is 9.47 Å². The molecule has 0 bridgehead atoms. The summed E-state index contributed by atoms with van der Waals surface area (Å²) >= 11 is 6.10. The van der Waals surface area contributed by atoms with Gasteiger partial charge in [0.05, 0.1) is 11.6 Å². The Balaban J connectivity index is 1.94. The lowest BCUT2D eigenvalue weighted by atomic mass is 10.2. The van der Waals surface area contributed by atoms with Crippen LogP contribution in [0.2, 0.25) is 5.02 Å². The van der Waals surface area contributed by atoms with Crippen LogP contribution in [0.25, 0.3) is 0 Å². The number of nitrogens with one attached hydrogen (secondary N) is 1. The second-order valence-electron chi connectivity index (χ2n) is 4.71. The molecule has 0 spiro atoms. The van der Waals surface area contributed by atoms with Gasteiger partial charge >= 0.3 is 0 Å². The molecule has 4 nitrogen and oxygen atoms in total. The van der Waals surface area contributed by atoms with E-state index in [1.54, 1.807) is 13.3 Å². The molecule has 0 saturated heterocycles. The van der Waals surface area contributed by atoms with Crippen LogP contribution in [0.5, 0.6) is 11.6 Å². The fourth-order valence-electron chi connectivity index (χ4n) is 1.78. The molecule has 0 atom stereocenters. The first kappa shape index (κ1) is 15.8. The second-order valence-corrected chi connectivity index (χ2v) is 5.12. The van der Waals surface area contributed by atoms with Crippen molar-refractivity contribution >= 4 is 11.6 Å². The van der Waals surface area contributed by atoms with Crippen molar-refractivity contribution in [3.63, 3.8) is 0 Å². The van der Waals surface area contributed by atoms with Crippen molar-refractivity contribution in [2.24, 2.45) is 0 Å². The van der Waals surface area contributed by atoms with Gasteiger partial charge in [0.2, 0.25) is 5.88 Å². The van der Waals surface area contributed by atoms with Gasteiger partial charge in [-0.15, -0.1) is 0 Å². The number of aromatic nitrogens is 1. The third-order valence-electron chi connectivity index (χ3n) is 2.91. The third-order valence-corrected chi connectivity index (χ3v) is 3.22. The average molecular weight is 307 g/mol. The molecule has 2 aromatic rings. The van der Waals surface area contributed by atoms with Gasteiger partial charge in [0.25, 0.3) is 0 Å². The lowest BCUT2D eigenvalue weighted by Gasteiger charge is -2.08. The number of hydrogen-bond acceptors (Lipinski definition) is 4. The molecule has 1 N–H and O–H groups in total. The highest BCUT2D eigenvalue weighted by Gasteiger charge is 2.04. The summed E-state index contributed by atoms with van der Waals surface area (Å²) < 4.78 is 10.7. The van der Waals surface area contributed by atoms with E-state index in [2.05, 4.69) is 10.3 Å². The molecule has 1 aromatic heterocycles. The molecule has 0 amide bonds. The van der Waals surface area contributed by atoms with E-state index in [0.29, 0.717) is 23.3 Å². The Kier molecular flexibility index (Phi) is 5.99. The highest BCUT2D eigenvalue weighted by Crippen LogP contribution is 2.29. The minimum absolute atomic E-state index is 0.531. The molecule has 1 aromatic carbocycles.